The third kappa shape index (κ3) is 3.42. The molecule has 6 nitrogen and oxygen atoms in total. The molecular formula is C18H13BrN2O4S. The summed E-state index contributed by atoms with van der Waals surface area (Å²) < 4.78 is 16.7. The van der Waals surface area contributed by atoms with Crippen LogP contribution < -0.4 is 19.5 Å². The molecule has 26 heavy (non-hydrogen) atoms. The molecule has 4 rings (SSSR count). The number of carbonyl (C=O) groups is 1. The minimum Gasteiger partial charge on any atom is -0.497 e. The van der Waals surface area contributed by atoms with Gasteiger partial charge < -0.3 is 19.5 Å². The second-order valence-corrected chi connectivity index (χ2v) is 7.29. The molecule has 1 amide bonds. The molecule has 0 aliphatic carbocycles. The SMILES string of the molecule is COc1ccc(N=C2NC(=O)/C(=C/c3cc4c(cc3Br)OCO4)S2)cc1. The van der Waals surface area contributed by atoms with Gasteiger partial charge in [-0.15, -0.1) is 0 Å². The van der Waals surface area contributed by atoms with Crippen molar-refractivity contribution in [3.05, 3.63) is 51.3 Å². The van der Waals surface area contributed by atoms with Gasteiger partial charge in [0.05, 0.1) is 17.7 Å². The molecule has 2 aromatic rings. The molecule has 1 fully saturated rings. The largest absolute Gasteiger partial charge is 0.497 e. The fraction of sp³-hybridized carbons (Fsp3) is 0.111. The number of rotatable bonds is 3. The lowest BCUT2D eigenvalue weighted by atomic mass is 10.2. The molecule has 0 saturated carbocycles. The third-order valence-electron chi connectivity index (χ3n) is 3.73. The second-order valence-electron chi connectivity index (χ2n) is 5.41. The Kier molecular flexibility index (Phi) is 4.60. The Balaban J connectivity index is 1.58. The maximum absolute atomic E-state index is 12.3. The zero-order valence-electron chi connectivity index (χ0n) is 13.6. The van der Waals surface area contributed by atoms with Crippen molar-refractivity contribution in [2.24, 2.45) is 4.99 Å². The number of nitrogens with zero attached hydrogens (tertiary/aromatic N) is 1. The van der Waals surface area contributed by atoms with E-state index < -0.39 is 0 Å². The highest BCUT2D eigenvalue weighted by Crippen LogP contribution is 2.39. The van der Waals surface area contributed by atoms with Crippen LogP contribution in [0.15, 0.2) is 50.8 Å². The Bertz CT molecular complexity index is 941. The molecule has 2 aromatic carbocycles. The number of methoxy groups -OCH3 is 1. The van der Waals surface area contributed by atoms with Crippen LogP contribution in [0, 0.1) is 0 Å². The molecular weight excluding hydrogens is 420 g/mol. The molecule has 0 spiro atoms. The summed E-state index contributed by atoms with van der Waals surface area (Å²) in [6, 6.07) is 11.0. The number of thioether (sulfide) groups is 1. The molecule has 1 saturated heterocycles. The predicted octanol–water partition coefficient (Wildman–Crippen LogP) is 4.08. The Morgan fingerprint density at radius 2 is 1.96 bits per heavy atom. The van der Waals surface area contributed by atoms with E-state index in [0.29, 0.717) is 21.6 Å². The molecule has 0 unspecified atom stereocenters. The first-order valence-electron chi connectivity index (χ1n) is 7.65. The van der Waals surface area contributed by atoms with Gasteiger partial charge in [-0.1, -0.05) is 15.9 Å². The standard InChI is InChI=1S/C18H13BrN2O4S/c1-23-12-4-2-11(3-5-12)20-18-21-17(22)16(26-18)7-10-6-14-15(8-13(10)19)25-9-24-14/h2-8H,9H2,1H3,(H,20,21,22)/b16-7-. The lowest BCUT2D eigenvalue weighted by Gasteiger charge is -2.02. The normalized spacial score (nSPS) is 18.5. The van der Waals surface area contributed by atoms with Crippen LogP contribution in [0.25, 0.3) is 6.08 Å². The van der Waals surface area contributed by atoms with Crippen LogP contribution in [-0.2, 0) is 4.79 Å². The summed E-state index contributed by atoms with van der Waals surface area (Å²) in [7, 11) is 1.61. The van der Waals surface area contributed by atoms with Crippen molar-refractivity contribution in [1.82, 2.24) is 5.32 Å². The molecule has 2 aliphatic rings. The molecule has 0 bridgehead atoms. The smallest absolute Gasteiger partial charge is 0.264 e. The van der Waals surface area contributed by atoms with E-state index >= 15 is 0 Å². The maximum Gasteiger partial charge on any atom is 0.264 e. The molecule has 0 aromatic heterocycles. The van der Waals surface area contributed by atoms with E-state index in [4.69, 9.17) is 14.2 Å². The van der Waals surface area contributed by atoms with Crippen molar-refractivity contribution in [3.8, 4) is 17.2 Å². The summed E-state index contributed by atoms with van der Waals surface area (Å²) >= 11 is 4.78. The first-order valence-corrected chi connectivity index (χ1v) is 9.26. The molecule has 1 N–H and O–H groups in total. The summed E-state index contributed by atoms with van der Waals surface area (Å²) in [5.74, 6) is 1.91. The number of hydrogen-bond donors (Lipinski definition) is 1. The summed E-state index contributed by atoms with van der Waals surface area (Å²) in [5, 5.41) is 3.31. The van der Waals surface area contributed by atoms with Crippen LogP contribution in [0.5, 0.6) is 17.2 Å². The van der Waals surface area contributed by atoms with Crippen molar-refractivity contribution in [2.45, 2.75) is 0 Å². The Morgan fingerprint density at radius 3 is 2.69 bits per heavy atom. The van der Waals surface area contributed by atoms with E-state index in [2.05, 4.69) is 26.2 Å². The maximum atomic E-state index is 12.3. The molecule has 2 heterocycles. The number of benzene rings is 2. The fourth-order valence-electron chi connectivity index (χ4n) is 2.44. The van der Waals surface area contributed by atoms with Gasteiger partial charge in [-0.3, -0.25) is 4.79 Å². The predicted molar refractivity (Wildman–Crippen MR) is 104 cm³/mol. The Morgan fingerprint density at radius 1 is 1.23 bits per heavy atom. The number of halogens is 1. The molecule has 132 valence electrons. The number of hydrogen-bond acceptors (Lipinski definition) is 6. The van der Waals surface area contributed by atoms with Crippen molar-refractivity contribution in [1.29, 1.82) is 0 Å². The minimum atomic E-state index is -0.188. The van der Waals surface area contributed by atoms with Crippen molar-refractivity contribution in [2.75, 3.05) is 13.9 Å². The van der Waals surface area contributed by atoms with Crippen LogP contribution in [0.3, 0.4) is 0 Å². The quantitative estimate of drug-likeness (QED) is 0.739. The number of nitrogens with one attached hydrogen (secondary N) is 1. The highest BCUT2D eigenvalue weighted by Gasteiger charge is 2.25. The number of aliphatic imine (C=N–C) groups is 1. The van der Waals surface area contributed by atoms with Crippen molar-refractivity contribution < 1.29 is 19.0 Å². The van der Waals surface area contributed by atoms with E-state index in [-0.39, 0.29) is 12.7 Å². The number of ether oxygens (including phenoxy) is 3. The van der Waals surface area contributed by atoms with Gasteiger partial charge in [-0.2, -0.15) is 0 Å². The van der Waals surface area contributed by atoms with Crippen LogP contribution in [-0.4, -0.2) is 25.0 Å². The van der Waals surface area contributed by atoms with Gasteiger partial charge in [0.1, 0.15) is 5.75 Å². The van der Waals surface area contributed by atoms with Crippen molar-refractivity contribution >= 4 is 50.5 Å². The number of amidine groups is 1. The Labute approximate surface area is 162 Å². The van der Waals surface area contributed by atoms with Gasteiger partial charge in [0.25, 0.3) is 5.91 Å². The highest BCUT2D eigenvalue weighted by molar-refractivity contribution is 9.10. The van der Waals surface area contributed by atoms with Gasteiger partial charge in [0.15, 0.2) is 16.7 Å². The molecule has 2 aliphatic heterocycles. The van der Waals surface area contributed by atoms with Crippen LogP contribution >= 0.6 is 27.7 Å². The summed E-state index contributed by atoms with van der Waals surface area (Å²) in [4.78, 5) is 17.3. The number of amides is 1. The van der Waals surface area contributed by atoms with E-state index in [1.54, 1.807) is 13.2 Å². The summed E-state index contributed by atoms with van der Waals surface area (Å²) in [5.41, 5.74) is 1.57. The van der Waals surface area contributed by atoms with E-state index in [1.807, 2.05) is 36.4 Å². The third-order valence-corrected chi connectivity index (χ3v) is 5.33. The highest BCUT2D eigenvalue weighted by atomic mass is 79.9. The number of carbonyl (C=O) groups excluding carboxylic acids is 1. The van der Waals surface area contributed by atoms with Gasteiger partial charge >= 0.3 is 0 Å². The number of fused-ring (bicyclic) bond motifs is 1. The monoisotopic (exact) mass is 432 g/mol. The zero-order chi connectivity index (χ0) is 18.1. The van der Waals surface area contributed by atoms with Crippen molar-refractivity contribution in [3.63, 3.8) is 0 Å². The molecule has 0 radical (unpaired) electrons. The lowest BCUT2D eigenvalue weighted by molar-refractivity contribution is -0.115. The lowest BCUT2D eigenvalue weighted by Crippen LogP contribution is -2.19. The average molecular weight is 433 g/mol. The van der Waals surface area contributed by atoms with E-state index in [0.717, 1.165) is 21.5 Å². The molecule has 0 atom stereocenters. The molecule has 8 heteroatoms. The van der Waals surface area contributed by atoms with Crippen LogP contribution in [0.2, 0.25) is 0 Å². The van der Waals surface area contributed by atoms with Gasteiger partial charge in [0.2, 0.25) is 6.79 Å². The first-order chi connectivity index (χ1) is 12.6. The Hall–Kier alpha value is -2.45. The van der Waals surface area contributed by atoms with Gasteiger partial charge in [0, 0.05) is 4.47 Å². The minimum absolute atomic E-state index is 0.188. The van der Waals surface area contributed by atoms with Gasteiger partial charge in [-0.25, -0.2) is 4.99 Å². The topological polar surface area (TPSA) is 69.2 Å². The average Bonchev–Trinajstić information content (AvgIpc) is 3.22. The zero-order valence-corrected chi connectivity index (χ0v) is 16.0. The van der Waals surface area contributed by atoms with E-state index in [9.17, 15) is 4.79 Å². The summed E-state index contributed by atoms with van der Waals surface area (Å²) in [6.45, 7) is 0.204. The van der Waals surface area contributed by atoms with Crippen LogP contribution in [0.1, 0.15) is 5.56 Å². The van der Waals surface area contributed by atoms with Crippen LogP contribution in [0.4, 0.5) is 5.69 Å². The first kappa shape index (κ1) is 17.0. The summed E-state index contributed by atoms with van der Waals surface area (Å²) in [6.07, 6.45) is 1.79. The van der Waals surface area contributed by atoms with E-state index in [1.165, 1.54) is 11.8 Å². The second kappa shape index (κ2) is 7.05. The van der Waals surface area contributed by atoms with Gasteiger partial charge in [-0.05, 0) is 59.8 Å². The fourth-order valence-corrected chi connectivity index (χ4v) is 3.71.